The van der Waals surface area contributed by atoms with Crippen LogP contribution in [0, 0.1) is 0 Å². The number of nitrogens with zero attached hydrogens (tertiary/aromatic N) is 7. The molecule has 2 aromatic heterocycles. The number of hydrogen-bond donors (Lipinski definition) is 1. The first-order valence-electron chi connectivity index (χ1n) is 7.14. The second-order valence-corrected chi connectivity index (χ2v) is 5.91. The van der Waals surface area contributed by atoms with Crippen molar-refractivity contribution >= 4 is 22.9 Å². The summed E-state index contributed by atoms with van der Waals surface area (Å²) < 4.78 is 1.76. The summed E-state index contributed by atoms with van der Waals surface area (Å²) in [6.07, 6.45) is 2.32. The lowest BCUT2D eigenvalue weighted by molar-refractivity contribution is 0.131. The average Bonchev–Trinajstić information content (AvgIpc) is 3.02. The van der Waals surface area contributed by atoms with Gasteiger partial charge in [-0.25, -0.2) is 4.68 Å². The fourth-order valence-corrected chi connectivity index (χ4v) is 2.75. The molecule has 1 saturated carbocycles. The zero-order valence-corrected chi connectivity index (χ0v) is 12.9. The van der Waals surface area contributed by atoms with Gasteiger partial charge in [-0.2, -0.15) is 9.97 Å². The third kappa shape index (κ3) is 2.29. The molecule has 2 atom stereocenters. The van der Waals surface area contributed by atoms with E-state index in [4.69, 9.17) is 0 Å². The van der Waals surface area contributed by atoms with Crippen LogP contribution in [0.1, 0.15) is 25.3 Å². The highest BCUT2D eigenvalue weighted by atomic mass is 16.3. The Balaban J connectivity index is 2.19. The van der Waals surface area contributed by atoms with Crippen LogP contribution in [0.3, 0.4) is 0 Å². The topological polar surface area (TPSA) is 83.2 Å². The summed E-state index contributed by atoms with van der Waals surface area (Å²) in [7, 11) is 7.65. The van der Waals surface area contributed by atoms with Crippen molar-refractivity contribution in [2.75, 3.05) is 38.0 Å². The highest BCUT2D eigenvalue weighted by Crippen LogP contribution is 2.32. The molecule has 0 radical (unpaired) electrons. The van der Waals surface area contributed by atoms with Crippen molar-refractivity contribution in [2.24, 2.45) is 0 Å². The van der Waals surface area contributed by atoms with E-state index in [0.717, 1.165) is 25.1 Å². The van der Waals surface area contributed by atoms with Crippen LogP contribution in [0.4, 0.5) is 11.8 Å². The molecular weight excluding hydrogens is 270 g/mol. The molecular formula is C13H21N7O. The number of fused-ring (bicyclic) bond motifs is 1. The maximum atomic E-state index is 10.1. The molecule has 1 aliphatic rings. The predicted molar refractivity (Wildman–Crippen MR) is 80.7 cm³/mol. The maximum absolute atomic E-state index is 10.1. The molecule has 8 heteroatoms. The Morgan fingerprint density at radius 2 is 1.86 bits per heavy atom. The van der Waals surface area contributed by atoms with Gasteiger partial charge in [0.15, 0.2) is 17.0 Å². The van der Waals surface area contributed by atoms with Crippen LogP contribution in [0.2, 0.25) is 0 Å². The van der Waals surface area contributed by atoms with Gasteiger partial charge in [0.25, 0.3) is 0 Å². The molecule has 2 heterocycles. The summed E-state index contributed by atoms with van der Waals surface area (Å²) in [5.74, 6) is 1.35. The molecule has 0 aromatic carbocycles. The average molecular weight is 291 g/mol. The molecule has 0 unspecified atom stereocenters. The highest BCUT2D eigenvalue weighted by molar-refractivity contribution is 5.84. The lowest BCUT2D eigenvalue weighted by Crippen LogP contribution is -2.21. The van der Waals surface area contributed by atoms with E-state index in [9.17, 15) is 5.11 Å². The Morgan fingerprint density at radius 3 is 2.43 bits per heavy atom. The summed E-state index contributed by atoms with van der Waals surface area (Å²) >= 11 is 0. The van der Waals surface area contributed by atoms with Gasteiger partial charge in [0, 0.05) is 28.2 Å². The van der Waals surface area contributed by atoms with E-state index < -0.39 is 0 Å². The standard InChI is InChI=1S/C13H21N7O/c1-18(2)11-10-12(15-13(14-11)19(3)4)20(17-16-10)8-6-5-7-9(8)21/h8-9,21H,5-7H2,1-4H3/t8-,9+/m0/s1. The highest BCUT2D eigenvalue weighted by Gasteiger charge is 2.30. The van der Waals surface area contributed by atoms with Crippen LogP contribution in [0.5, 0.6) is 0 Å². The van der Waals surface area contributed by atoms with Gasteiger partial charge in [0.1, 0.15) is 0 Å². The minimum absolute atomic E-state index is 0.0464. The maximum Gasteiger partial charge on any atom is 0.228 e. The van der Waals surface area contributed by atoms with Gasteiger partial charge in [-0.15, -0.1) is 5.10 Å². The van der Waals surface area contributed by atoms with Crippen LogP contribution in [0.15, 0.2) is 0 Å². The Labute approximate surface area is 123 Å². The molecule has 0 bridgehead atoms. The van der Waals surface area contributed by atoms with Crippen LogP contribution in [0.25, 0.3) is 11.2 Å². The van der Waals surface area contributed by atoms with Crippen molar-refractivity contribution in [3.8, 4) is 0 Å². The first kappa shape index (κ1) is 14.0. The van der Waals surface area contributed by atoms with E-state index in [2.05, 4.69) is 20.3 Å². The number of aromatic nitrogens is 5. The second-order valence-electron chi connectivity index (χ2n) is 5.91. The van der Waals surface area contributed by atoms with Crippen molar-refractivity contribution < 1.29 is 5.11 Å². The van der Waals surface area contributed by atoms with Gasteiger partial charge in [0.05, 0.1) is 12.1 Å². The Bertz CT molecular complexity index is 651. The molecule has 1 aliphatic carbocycles. The number of anilines is 2. The zero-order chi connectivity index (χ0) is 15.1. The third-order valence-corrected chi connectivity index (χ3v) is 3.88. The van der Waals surface area contributed by atoms with E-state index in [1.807, 2.05) is 38.0 Å². The molecule has 2 aromatic rings. The van der Waals surface area contributed by atoms with Gasteiger partial charge >= 0.3 is 0 Å². The lowest BCUT2D eigenvalue weighted by Gasteiger charge is -2.18. The van der Waals surface area contributed by atoms with Gasteiger partial charge in [-0.05, 0) is 19.3 Å². The number of hydrogen-bond acceptors (Lipinski definition) is 7. The molecule has 21 heavy (non-hydrogen) atoms. The van der Waals surface area contributed by atoms with Crippen molar-refractivity contribution in [3.63, 3.8) is 0 Å². The second kappa shape index (κ2) is 5.10. The largest absolute Gasteiger partial charge is 0.391 e. The van der Waals surface area contributed by atoms with E-state index in [-0.39, 0.29) is 12.1 Å². The molecule has 8 nitrogen and oxygen atoms in total. The molecule has 0 amide bonds. The van der Waals surface area contributed by atoms with Gasteiger partial charge in [-0.3, -0.25) is 0 Å². The Hall–Kier alpha value is -1.96. The van der Waals surface area contributed by atoms with E-state index in [1.54, 1.807) is 4.68 Å². The van der Waals surface area contributed by atoms with Crippen molar-refractivity contribution in [2.45, 2.75) is 31.4 Å². The number of aliphatic hydroxyl groups is 1. The monoisotopic (exact) mass is 291 g/mol. The minimum Gasteiger partial charge on any atom is -0.391 e. The molecule has 0 aliphatic heterocycles. The van der Waals surface area contributed by atoms with E-state index >= 15 is 0 Å². The van der Waals surface area contributed by atoms with Crippen LogP contribution >= 0.6 is 0 Å². The quantitative estimate of drug-likeness (QED) is 0.878. The van der Waals surface area contributed by atoms with E-state index in [1.165, 1.54) is 0 Å². The molecule has 114 valence electrons. The number of rotatable bonds is 3. The molecule has 0 spiro atoms. The summed E-state index contributed by atoms with van der Waals surface area (Å²) in [4.78, 5) is 12.9. The molecule has 3 rings (SSSR count). The summed E-state index contributed by atoms with van der Waals surface area (Å²) in [5, 5.41) is 18.6. The zero-order valence-electron chi connectivity index (χ0n) is 12.9. The normalized spacial score (nSPS) is 22.0. The molecule has 1 fully saturated rings. The van der Waals surface area contributed by atoms with Crippen molar-refractivity contribution in [1.82, 2.24) is 25.0 Å². The Morgan fingerprint density at radius 1 is 1.10 bits per heavy atom. The fourth-order valence-electron chi connectivity index (χ4n) is 2.75. The fraction of sp³-hybridized carbons (Fsp3) is 0.692. The van der Waals surface area contributed by atoms with Crippen molar-refractivity contribution in [1.29, 1.82) is 0 Å². The van der Waals surface area contributed by atoms with Crippen LogP contribution in [-0.4, -0.2) is 64.4 Å². The summed E-state index contributed by atoms with van der Waals surface area (Å²) in [5.41, 5.74) is 1.35. The summed E-state index contributed by atoms with van der Waals surface area (Å²) in [6, 6.07) is -0.0464. The molecule has 1 N–H and O–H groups in total. The lowest BCUT2D eigenvalue weighted by atomic mass is 10.2. The van der Waals surface area contributed by atoms with Crippen LogP contribution < -0.4 is 9.80 Å². The predicted octanol–water partition coefficient (Wildman–Crippen LogP) is 0.439. The van der Waals surface area contributed by atoms with Crippen molar-refractivity contribution in [3.05, 3.63) is 0 Å². The van der Waals surface area contributed by atoms with E-state index in [0.29, 0.717) is 17.1 Å². The first-order chi connectivity index (χ1) is 9.99. The minimum atomic E-state index is -0.379. The van der Waals surface area contributed by atoms with Gasteiger partial charge in [0.2, 0.25) is 5.95 Å². The van der Waals surface area contributed by atoms with Gasteiger partial charge in [-0.1, -0.05) is 5.21 Å². The Kier molecular flexibility index (Phi) is 3.40. The number of aliphatic hydroxyl groups excluding tert-OH is 1. The molecule has 0 saturated heterocycles. The SMILES string of the molecule is CN(C)c1nc(N(C)C)c2nnn([C@H]3CCC[C@H]3O)c2n1. The third-order valence-electron chi connectivity index (χ3n) is 3.88. The van der Waals surface area contributed by atoms with Crippen LogP contribution in [-0.2, 0) is 0 Å². The first-order valence-corrected chi connectivity index (χ1v) is 7.14. The smallest absolute Gasteiger partial charge is 0.228 e. The summed E-state index contributed by atoms with van der Waals surface area (Å²) in [6.45, 7) is 0. The van der Waals surface area contributed by atoms with Gasteiger partial charge < -0.3 is 14.9 Å².